The van der Waals surface area contributed by atoms with Gasteiger partial charge in [0, 0.05) is 11.9 Å². The number of ether oxygens (including phenoxy) is 1. The van der Waals surface area contributed by atoms with Gasteiger partial charge in [-0.25, -0.2) is 4.79 Å². The minimum atomic E-state index is -0.444. The summed E-state index contributed by atoms with van der Waals surface area (Å²) >= 11 is 5.84. The number of alkyl halides is 1. The average Bonchev–Trinajstić information content (AvgIpc) is 2.27. The minimum absolute atomic E-state index is 0.149. The Bertz CT molecular complexity index is 270. The van der Waals surface area contributed by atoms with Gasteiger partial charge in [0.25, 0.3) is 0 Å². The molecule has 0 aliphatic heterocycles. The number of carbonyl (C=O) groups is 1. The van der Waals surface area contributed by atoms with Crippen LogP contribution in [0.25, 0.3) is 0 Å². The van der Waals surface area contributed by atoms with E-state index in [2.05, 4.69) is 5.32 Å². The van der Waals surface area contributed by atoms with Gasteiger partial charge in [0.05, 0.1) is 0 Å². The molecular formula is C15H28ClNO2. The predicted octanol–water partition coefficient (Wildman–Crippen LogP) is 4.48. The molecule has 1 atom stereocenters. The summed E-state index contributed by atoms with van der Waals surface area (Å²) in [5.74, 6) is 1.31. The SMILES string of the molecule is CC(C)(C)OC(=O)N[C@H](CCCl)CC1CCCCC1. The van der Waals surface area contributed by atoms with Gasteiger partial charge in [-0.15, -0.1) is 11.6 Å². The number of amides is 1. The van der Waals surface area contributed by atoms with Crippen molar-refractivity contribution in [3.63, 3.8) is 0 Å². The normalized spacial score (nSPS) is 18.9. The van der Waals surface area contributed by atoms with E-state index in [0.717, 1.165) is 18.8 Å². The second-order valence-electron chi connectivity index (χ2n) is 6.56. The second-order valence-corrected chi connectivity index (χ2v) is 6.94. The molecular weight excluding hydrogens is 262 g/mol. The first-order valence-electron chi connectivity index (χ1n) is 7.46. The van der Waals surface area contributed by atoms with Gasteiger partial charge in [-0.1, -0.05) is 32.1 Å². The van der Waals surface area contributed by atoms with Gasteiger partial charge in [-0.2, -0.15) is 0 Å². The van der Waals surface area contributed by atoms with Gasteiger partial charge in [0.15, 0.2) is 0 Å². The third-order valence-corrected chi connectivity index (χ3v) is 3.74. The van der Waals surface area contributed by atoms with Crippen molar-refractivity contribution >= 4 is 17.7 Å². The number of hydrogen-bond acceptors (Lipinski definition) is 2. The van der Waals surface area contributed by atoms with Gasteiger partial charge in [-0.05, 0) is 39.5 Å². The maximum Gasteiger partial charge on any atom is 0.407 e. The van der Waals surface area contributed by atoms with Crippen molar-refractivity contribution in [3.05, 3.63) is 0 Å². The molecule has 0 bridgehead atoms. The molecule has 112 valence electrons. The number of rotatable bonds is 5. The molecule has 1 saturated carbocycles. The maximum absolute atomic E-state index is 11.8. The van der Waals surface area contributed by atoms with Crippen LogP contribution in [0.15, 0.2) is 0 Å². The Labute approximate surface area is 122 Å². The van der Waals surface area contributed by atoms with Crippen LogP contribution in [0.5, 0.6) is 0 Å². The first-order valence-corrected chi connectivity index (χ1v) is 7.99. The summed E-state index contributed by atoms with van der Waals surface area (Å²) in [5, 5.41) is 2.98. The van der Waals surface area contributed by atoms with Gasteiger partial charge < -0.3 is 10.1 Å². The van der Waals surface area contributed by atoms with Crippen molar-refractivity contribution in [3.8, 4) is 0 Å². The predicted molar refractivity (Wildman–Crippen MR) is 79.7 cm³/mol. The standard InChI is InChI=1S/C15H28ClNO2/c1-15(2,3)19-14(18)17-13(9-10-16)11-12-7-5-4-6-8-12/h12-13H,4-11H2,1-3H3,(H,17,18)/t13-/m1/s1. The topological polar surface area (TPSA) is 38.3 Å². The highest BCUT2D eigenvalue weighted by Gasteiger charge is 2.22. The molecule has 0 spiro atoms. The number of nitrogens with one attached hydrogen (secondary N) is 1. The van der Waals surface area contributed by atoms with Crippen molar-refractivity contribution in [2.75, 3.05) is 5.88 Å². The zero-order chi connectivity index (χ0) is 14.3. The molecule has 4 heteroatoms. The first kappa shape index (κ1) is 16.6. The smallest absolute Gasteiger partial charge is 0.407 e. The molecule has 1 rings (SSSR count). The van der Waals surface area contributed by atoms with Crippen molar-refractivity contribution in [1.29, 1.82) is 0 Å². The molecule has 1 fully saturated rings. The number of carbonyl (C=O) groups excluding carboxylic acids is 1. The van der Waals surface area contributed by atoms with Gasteiger partial charge in [-0.3, -0.25) is 0 Å². The fourth-order valence-electron chi connectivity index (χ4n) is 2.68. The Morgan fingerprint density at radius 3 is 2.47 bits per heavy atom. The summed E-state index contributed by atoms with van der Waals surface area (Å²) in [6, 6.07) is 0.149. The molecule has 1 N–H and O–H groups in total. The molecule has 19 heavy (non-hydrogen) atoms. The summed E-state index contributed by atoms with van der Waals surface area (Å²) in [4.78, 5) is 11.8. The highest BCUT2D eigenvalue weighted by atomic mass is 35.5. The Kier molecular flexibility index (Phi) is 6.98. The van der Waals surface area contributed by atoms with Gasteiger partial charge >= 0.3 is 6.09 Å². The van der Waals surface area contributed by atoms with E-state index >= 15 is 0 Å². The van der Waals surface area contributed by atoms with Crippen LogP contribution in [0.3, 0.4) is 0 Å². The van der Waals surface area contributed by atoms with Crippen LogP contribution >= 0.6 is 11.6 Å². The molecule has 1 amide bonds. The van der Waals surface area contributed by atoms with E-state index in [1.807, 2.05) is 20.8 Å². The first-order chi connectivity index (χ1) is 8.90. The zero-order valence-electron chi connectivity index (χ0n) is 12.5. The largest absolute Gasteiger partial charge is 0.444 e. The van der Waals surface area contributed by atoms with E-state index in [4.69, 9.17) is 16.3 Å². The van der Waals surface area contributed by atoms with Crippen LogP contribution in [0, 0.1) is 5.92 Å². The van der Waals surface area contributed by atoms with Crippen LogP contribution in [0.4, 0.5) is 4.79 Å². The summed E-state index contributed by atoms with van der Waals surface area (Å²) in [7, 11) is 0. The quantitative estimate of drug-likeness (QED) is 0.758. The van der Waals surface area contributed by atoms with Crippen molar-refractivity contribution < 1.29 is 9.53 Å². The lowest BCUT2D eigenvalue weighted by Gasteiger charge is -2.28. The highest BCUT2D eigenvalue weighted by molar-refractivity contribution is 6.17. The number of halogens is 1. The van der Waals surface area contributed by atoms with E-state index < -0.39 is 5.60 Å². The van der Waals surface area contributed by atoms with Crippen LogP contribution in [0.2, 0.25) is 0 Å². The average molecular weight is 290 g/mol. The lowest BCUT2D eigenvalue weighted by molar-refractivity contribution is 0.0494. The number of hydrogen-bond donors (Lipinski definition) is 1. The Hall–Kier alpha value is -0.440. The third kappa shape index (κ3) is 7.66. The fourth-order valence-corrected chi connectivity index (χ4v) is 2.94. The summed E-state index contributed by atoms with van der Waals surface area (Å²) in [5.41, 5.74) is -0.444. The van der Waals surface area contributed by atoms with E-state index in [1.54, 1.807) is 0 Å². The van der Waals surface area contributed by atoms with Gasteiger partial charge in [0.2, 0.25) is 0 Å². The Morgan fingerprint density at radius 2 is 1.95 bits per heavy atom. The molecule has 0 aromatic rings. The fraction of sp³-hybridized carbons (Fsp3) is 0.933. The summed E-state index contributed by atoms with van der Waals surface area (Å²) in [6.45, 7) is 5.64. The lowest BCUT2D eigenvalue weighted by atomic mass is 9.84. The van der Waals surface area contributed by atoms with Crippen LogP contribution in [0.1, 0.15) is 65.7 Å². The minimum Gasteiger partial charge on any atom is -0.444 e. The molecule has 0 heterocycles. The lowest BCUT2D eigenvalue weighted by Crippen LogP contribution is -2.40. The zero-order valence-corrected chi connectivity index (χ0v) is 13.3. The van der Waals surface area contributed by atoms with Crippen molar-refractivity contribution in [2.45, 2.75) is 77.4 Å². The molecule has 0 unspecified atom stereocenters. The molecule has 0 radical (unpaired) electrons. The molecule has 1 aliphatic rings. The van der Waals surface area contributed by atoms with Crippen molar-refractivity contribution in [2.24, 2.45) is 5.92 Å². The molecule has 0 saturated heterocycles. The van der Waals surface area contributed by atoms with E-state index in [9.17, 15) is 4.79 Å². The summed E-state index contributed by atoms with van der Waals surface area (Å²) in [6.07, 6.45) is 8.11. The molecule has 0 aromatic heterocycles. The molecule has 0 aromatic carbocycles. The Balaban J connectivity index is 2.40. The monoisotopic (exact) mass is 289 g/mol. The third-order valence-electron chi connectivity index (χ3n) is 3.52. The van der Waals surface area contributed by atoms with Crippen molar-refractivity contribution in [1.82, 2.24) is 5.32 Å². The van der Waals surface area contributed by atoms with E-state index in [1.165, 1.54) is 32.1 Å². The van der Waals surface area contributed by atoms with Crippen LogP contribution in [-0.2, 0) is 4.74 Å². The van der Waals surface area contributed by atoms with Crippen LogP contribution in [-0.4, -0.2) is 23.6 Å². The number of alkyl carbamates (subject to hydrolysis) is 1. The van der Waals surface area contributed by atoms with E-state index in [-0.39, 0.29) is 12.1 Å². The molecule has 3 nitrogen and oxygen atoms in total. The van der Waals surface area contributed by atoms with Crippen LogP contribution < -0.4 is 5.32 Å². The molecule has 1 aliphatic carbocycles. The summed E-state index contributed by atoms with van der Waals surface area (Å²) < 4.78 is 5.31. The second kappa shape index (κ2) is 7.98. The van der Waals surface area contributed by atoms with Gasteiger partial charge in [0.1, 0.15) is 5.60 Å². The maximum atomic E-state index is 11.8. The Morgan fingerprint density at radius 1 is 1.32 bits per heavy atom. The van der Waals surface area contributed by atoms with E-state index in [0.29, 0.717) is 5.88 Å². The highest BCUT2D eigenvalue weighted by Crippen LogP contribution is 2.28.